The zero-order chi connectivity index (χ0) is 33.5. The van der Waals surface area contributed by atoms with Crippen LogP contribution in [0.4, 0.5) is 17.1 Å². The first-order chi connectivity index (χ1) is 25.3. The van der Waals surface area contributed by atoms with Gasteiger partial charge in [0.25, 0.3) is 0 Å². The van der Waals surface area contributed by atoms with E-state index in [4.69, 9.17) is 8.83 Å². The van der Waals surface area contributed by atoms with Gasteiger partial charge in [0.1, 0.15) is 16.7 Å². The minimum absolute atomic E-state index is 0.847. The highest BCUT2D eigenvalue weighted by atomic mass is 16.3. The smallest absolute Gasteiger partial charge is 0.159 e. The standard InChI is InChI=1S/C48H29NO2/c1-3-11-36-31(9-1)19-20-34-29-33(24-27-37(34)36)30-21-25-35(26-22-30)49(42-15-8-18-45-46(42)41-13-5-6-17-44(41)50-45)43-16-7-14-39-40-28-23-32-10-2-4-12-38(32)47(40)51-48(39)43/h1-29H. The van der Waals surface area contributed by atoms with Crippen LogP contribution in [0.1, 0.15) is 0 Å². The number of para-hydroxylation sites is 2. The van der Waals surface area contributed by atoms with Crippen LogP contribution in [0, 0.1) is 0 Å². The Labute approximate surface area is 293 Å². The van der Waals surface area contributed by atoms with Crippen LogP contribution in [-0.4, -0.2) is 0 Å². The summed E-state index contributed by atoms with van der Waals surface area (Å²) in [5, 5.41) is 11.7. The van der Waals surface area contributed by atoms with Crippen molar-refractivity contribution < 1.29 is 8.83 Å². The number of anilines is 3. The lowest BCUT2D eigenvalue weighted by Crippen LogP contribution is -2.10. The molecule has 0 bridgehead atoms. The topological polar surface area (TPSA) is 29.5 Å². The predicted octanol–water partition coefficient (Wildman–Crippen LogP) is 14.1. The second-order valence-corrected chi connectivity index (χ2v) is 13.3. The van der Waals surface area contributed by atoms with E-state index in [-0.39, 0.29) is 0 Å². The molecule has 3 heteroatoms. The van der Waals surface area contributed by atoms with Crippen LogP contribution in [0.5, 0.6) is 0 Å². The largest absolute Gasteiger partial charge is 0.456 e. The van der Waals surface area contributed by atoms with Gasteiger partial charge in [-0.25, -0.2) is 0 Å². The van der Waals surface area contributed by atoms with Crippen LogP contribution in [-0.2, 0) is 0 Å². The van der Waals surface area contributed by atoms with Crippen LogP contribution in [0.15, 0.2) is 185 Å². The van der Waals surface area contributed by atoms with E-state index in [9.17, 15) is 0 Å². The van der Waals surface area contributed by atoms with Gasteiger partial charge in [0.15, 0.2) is 5.58 Å². The molecule has 0 aliphatic heterocycles. The van der Waals surface area contributed by atoms with Crippen molar-refractivity contribution >= 4 is 93.3 Å². The van der Waals surface area contributed by atoms with Crippen molar-refractivity contribution in [3.8, 4) is 11.1 Å². The highest BCUT2D eigenvalue weighted by Gasteiger charge is 2.23. The van der Waals surface area contributed by atoms with E-state index < -0.39 is 0 Å². The number of fused-ring (bicyclic) bond motifs is 11. The van der Waals surface area contributed by atoms with Gasteiger partial charge in [-0.1, -0.05) is 127 Å². The van der Waals surface area contributed by atoms with Gasteiger partial charge in [-0.15, -0.1) is 0 Å². The summed E-state index contributed by atoms with van der Waals surface area (Å²) in [6.07, 6.45) is 0. The first-order valence-corrected chi connectivity index (χ1v) is 17.3. The SMILES string of the molecule is c1ccc2c(c1)ccc1cc(-c3ccc(N(c4cccc5c4oc4c6ccccc6ccc54)c4cccc5oc6ccccc6c45)cc3)ccc12. The van der Waals surface area contributed by atoms with Gasteiger partial charge < -0.3 is 13.7 Å². The Bertz CT molecular complexity index is 3150. The van der Waals surface area contributed by atoms with Gasteiger partial charge in [-0.05, 0) is 86.6 Å². The third kappa shape index (κ3) is 4.25. The lowest BCUT2D eigenvalue weighted by atomic mass is 9.97. The number of furan rings is 2. The van der Waals surface area contributed by atoms with Crippen LogP contribution < -0.4 is 4.90 Å². The summed E-state index contributed by atoms with van der Waals surface area (Å²) < 4.78 is 13.3. The fourth-order valence-electron chi connectivity index (χ4n) is 8.03. The number of nitrogens with zero attached hydrogens (tertiary/aromatic N) is 1. The van der Waals surface area contributed by atoms with Gasteiger partial charge in [0.2, 0.25) is 0 Å². The molecule has 0 radical (unpaired) electrons. The number of hydrogen-bond acceptors (Lipinski definition) is 3. The van der Waals surface area contributed by atoms with Crippen molar-refractivity contribution in [3.05, 3.63) is 176 Å². The lowest BCUT2D eigenvalue weighted by molar-refractivity contribution is 0.668. The summed E-state index contributed by atoms with van der Waals surface area (Å²) in [5.74, 6) is 0. The molecule has 0 unspecified atom stereocenters. The molecule has 2 aromatic heterocycles. The molecule has 0 spiro atoms. The summed E-state index contributed by atoms with van der Waals surface area (Å²) in [7, 11) is 0. The van der Waals surface area contributed by atoms with Crippen molar-refractivity contribution in [2.24, 2.45) is 0 Å². The zero-order valence-electron chi connectivity index (χ0n) is 27.5. The molecule has 0 fully saturated rings. The summed E-state index contributed by atoms with van der Waals surface area (Å²) in [6.45, 7) is 0. The molecular weight excluding hydrogens is 623 g/mol. The molecule has 3 nitrogen and oxygen atoms in total. The van der Waals surface area contributed by atoms with Crippen LogP contribution in [0.25, 0.3) is 87.3 Å². The maximum absolute atomic E-state index is 6.90. The number of benzene rings is 9. The molecule has 0 aliphatic carbocycles. The van der Waals surface area contributed by atoms with Crippen molar-refractivity contribution in [2.45, 2.75) is 0 Å². The first-order valence-electron chi connectivity index (χ1n) is 17.3. The third-order valence-corrected chi connectivity index (χ3v) is 10.4. The molecule has 2 heterocycles. The molecule has 11 aromatic rings. The van der Waals surface area contributed by atoms with Crippen LogP contribution >= 0.6 is 0 Å². The van der Waals surface area contributed by atoms with E-state index in [1.165, 1.54) is 27.1 Å². The van der Waals surface area contributed by atoms with E-state index in [1.807, 2.05) is 12.1 Å². The first kappa shape index (κ1) is 28.0. The average Bonchev–Trinajstić information content (AvgIpc) is 3.78. The van der Waals surface area contributed by atoms with E-state index in [1.54, 1.807) is 0 Å². The summed E-state index contributed by atoms with van der Waals surface area (Å²) >= 11 is 0. The van der Waals surface area contributed by atoms with E-state index in [0.29, 0.717) is 0 Å². The Balaban J connectivity index is 1.13. The van der Waals surface area contributed by atoms with Gasteiger partial charge in [0, 0.05) is 27.2 Å². The quantitative estimate of drug-likeness (QED) is 0.177. The number of hydrogen-bond donors (Lipinski definition) is 0. The van der Waals surface area contributed by atoms with Crippen molar-refractivity contribution in [3.63, 3.8) is 0 Å². The Morgan fingerprint density at radius 1 is 0.333 bits per heavy atom. The summed E-state index contributed by atoms with van der Waals surface area (Å²) in [4.78, 5) is 2.33. The van der Waals surface area contributed by atoms with Gasteiger partial charge in [-0.3, -0.25) is 0 Å². The molecule has 11 rings (SSSR count). The second kappa shape index (κ2) is 10.8. The molecular formula is C48H29NO2. The third-order valence-electron chi connectivity index (χ3n) is 10.4. The minimum Gasteiger partial charge on any atom is -0.456 e. The maximum Gasteiger partial charge on any atom is 0.159 e. The molecule has 238 valence electrons. The fraction of sp³-hybridized carbons (Fsp3) is 0. The molecule has 0 saturated carbocycles. The van der Waals surface area contributed by atoms with E-state index in [2.05, 4.69) is 169 Å². The monoisotopic (exact) mass is 651 g/mol. The van der Waals surface area contributed by atoms with Gasteiger partial charge >= 0.3 is 0 Å². The summed E-state index contributed by atoms with van der Waals surface area (Å²) in [6, 6.07) is 62.6. The highest BCUT2D eigenvalue weighted by molar-refractivity contribution is 6.19. The lowest BCUT2D eigenvalue weighted by Gasteiger charge is -2.26. The molecule has 9 aromatic carbocycles. The van der Waals surface area contributed by atoms with Gasteiger partial charge in [0.05, 0.1) is 16.8 Å². The van der Waals surface area contributed by atoms with Gasteiger partial charge in [-0.2, -0.15) is 0 Å². The molecule has 0 amide bonds. The van der Waals surface area contributed by atoms with Crippen LogP contribution in [0.2, 0.25) is 0 Å². The Morgan fingerprint density at radius 2 is 0.922 bits per heavy atom. The molecule has 0 atom stereocenters. The molecule has 0 N–H and O–H groups in total. The van der Waals surface area contributed by atoms with Crippen LogP contribution in [0.3, 0.4) is 0 Å². The average molecular weight is 652 g/mol. The van der Waals surface area contributed by atoms with Crippen molar-refractivity contribution in [1.82, 2.24) is 0 Å². The fourth-order valence-corrected chi connectivity index (χ4v) is 8.03. The zero-order valence-corrected chi connectivity index (χ0v) is 27.5. The van der Waals surface area contributed by atoms with E-state index in [0.717, 1.165) is 77.3 Å². The molecule has 0 aliphatic rings. The maximum atomic E-state index is 6.90. The van der Waals surface area contributed by atoms with Crippen molar-refractivity contribution in [1.29, 1.82) is 0 Å². The Kier molecular flexibility index (Phi) is 5.96. The highest BCUT2D eigenvalue weighted by Crippen LogP contribution is 2.47. The molecule has 51 heavy (non-hydrogen) atoms. The second-order valence-electron chi connectivity index (χ2n) is 13.3. The Morgan fingerprint density at radius 3 is 1.80 bits per heavy atom. The van der Waals surface area contributed by atoms with Crippen molar-refractivity contribution in [2.75, 3.05) is 4.90 Å². The number of rotatable bonds is 4. The summed E-state index contributed by atoms with van der Waals surface area (Å²) in [5.41, 5.74) is 8.84. The normalized spacial score (nSPS) is 11.9. The molecule has 0 saturated heterocycles. The minimum atomic E-state index is 0.847. The Hall–Kier alpha value is -6.84. The van der Waals surface area contributed by atoms with E-state index >= 15 is 0 Å². The predicted molar refractivity (Wildman–Crippen MR) is 214 cm³/mol.